The summed E-state index contributed by atoms with van der Waals surface area (Å²) in [5.41, 5.74) is 2.51. The van der Waals surface area contributed by atoms with Crippen molar-refractivity contribution in [3.8, 4) is 0 Å². The molecule has 0 atom stereocenters. The first-order chi connectivity index (χ1) is 11.7. The molecule has 2 aromatic rings. The Hall–Kier alpha value is -3.14. The zero-order valence-electron chi connectivity index (χ0n) is 13.2. The molecule has 0 saturated carbocycles. The van der Waals surface area contributed by atoms with E-state index in [4.69, 9.17) is 0 Å². The van der Waals surface area contributed by atoms with Crippen molar-refractivity contribution in [2.24, 2.45) is 0 Å². The third-order valence-electron chi connectivity index (χ3n) is 3.71. The van der Waals surface area contributed by atoms with E-state index in [1.165, 1.54) is 12.2 Å². The average molecular weight is 318 g/mol. The van der Waals surface area contributed by atoms with Crippen molar-refractivity contribution in [1.29, 1.82) is 0 Å². The SMILES string of the molecule is O=C(/C=C1\NCCN\C1=C/C(=O)c1ccccc1)c1ccccc1. The molecule has 4 nitrogen and oxygen atoms in total. The number of carbonyl (C=O) groups excluding carboxylic acids is 2. The topological polar surface area (TPSA) is 58.2 Å². The molecule has 2 aromatic carbocycles. The summed E-state index contributed by atoms with van der Waals surface area (Å²) < 4.78 is 0. The van der Waals surface area contributed by atoms with Crippen LogP contribution in [0, 0.1) is 0 Å². The Labute approximate surface area is 140 Å². The first-order valence-electron chi connectivity index (χ1n) is 7.84. The van der Waals surface area contributed by atoms with E-state index >= 15 is 0 Å². The Kier molecular flexibility index (Phi) is 4.87. The van der Waals surface area contributed by atoms with Gasteiger partial charge in [0, 0.05) is 36.4 Å². The van der Waals surface area contributed by atoms with Crippen molar-refractivity contribution in [3.63, 3.8) is 0 Å². The number of nitrogens with one attached hydrogen (secondary N) is 2. The Balaban J connectivity index is 1.86. The number of piperazine rings is 1. The van der Waals surface area contributed by atoms with E-state index in [2.05, 4.69) is 10.6 Å². The number of rotatable bonds is 4. The van der Waals surface area contributed by atoms with Crippen LogP contribution in [0.3, 0.4) is 0 Å². The molecular weight excluding hydrogens is 300 g/mol. The molecule has 1 fully saturated rings. The predicted molar refractivity (Wildman–Crippen MR) is 93.7 cm³/mol. The molecule has 0 spiro atoms. The van der Waals surface area contributed by atoms with Crippen LogP contribution in [0.1, 0.15) is 20.7 Å². The minimum absolute atomic E-state index is 0.0974. The van der Waals surface area contributed by atoms with Gasteiger partial charge in [0.25, 0.3) is 0 Å². The largest absolute Gasteiger partial charge is 0.381 e. The van der Waals surface area contributed by atoms with Crippen LogP contribution in [0.25, 0.3) is 0 Å². The van der Waals surface area contributed by atoms with Gasteiger partial charge in [0.2, 0.25) is 0 Å². The van der Waals surface area contributed by atoms with Gasteiger partial charge in [-0.3, -0.25) is 9.59 Å². The van der Waals surface area contributed by atoms with E-state index in [-0.39, 0.29) is 11.6 Å². The number of hydrogen-bond acceptors (Lipinski definition) is 4. The van der Waals surface area contributed by atoms with Crippen molar-refractivity contribution >= 4 is 11.6 Å². The highest BCUT2D eigenvalue weighted by atomic mass is 16.1. The maximum atomic E-state index is 12.4. The minimum atomic E-state index is -0.0974. The third-order valence-corrected chi connectivity index (χ3v) is 3.71. The molecule has 24 heavy (non-hydrogen) atoms. The number of ketones is 2. The number of allylic oxidation sites excluding steroid dienone is 2. The molecule has 2 N–H and O–H groups in total. The Morgan fingerprint density at radius 1 is 0.667 bits per heavy atom. The Morgan fingerprint density at radius 2 is 1.04 bits per heavy atom. The maximum Gasteiger partial charge on any atom is 0.187 e. The summed E-state index contributed by atoms with van der Waals surface area (Å²) in [6, 6.07) is 18.1. The lowest BCUT2D eigenvalue weighted by atomic mass is 10.1. The molecule has 0 aromatic heterocycles. The standard InChI is InChI=1S/C20H18N2O2/c23-19(15-7-3-1-4-8-15)13-17-18(22-12-11-21-17)14-20(24)16-9-5-2-6-10-16/h1-10,13-14,21-22H,11-12H2/b17-13-,18-14-. The summed E-state index contributed by atoms with van der Waals surface area (Å²) >= 11 is 0. The molecular formula is C20H18N2O2. The van der Waals surface area contributed by atoms with E-state index in [9.17, 15) is 9.59 Å². The minimum Gasteiger partial charge on any atom is -0.381 e. The number of carbonyl (C=O) groups is 2. The van der Waals surface area contributed by atoms with Gasteiger partial charge in [-0.25, -0.2) is 0 Å². The van der Waals surface area contributed by atoms with Crippen molar-refractivity contribution in [3.05, 3.63) is 95.3 Å². The predicted octanol–water partition coefficient (Wildman–Crippen LogP) is 2.71. The molecule has 4 heteroatoms. The highest BCUT2D eigenvalue weighted by Crippen LogP contribution is 2.12. The summed E-state index contributed by atoms with van der Waals surface area (Å²) in [6.07, 6.45) is 3.07. The van der Waals surface area contributed by atoms with Crippen LogP contribution in [0.4, 0.5) is 0 Å². The zero-order chi connectivity index (χ0) is 16.8. The molecule has 1 heterocycles. The van der Waals surface area contributed by atoms with Gasteiger partial charge in [0.1, 0.15) is 0 Å². The van der Waals surface area contributed by atoms with Gasteiger partial charge < -0.3 is 10.6 Å². The zero-order valence-corrected chi connectivity index (χ0v) is 13.2. The van der Waals surface area contributed by atoms with Crippen LogP contribution >= 0.6 is 0 Å². The second kappa shape index (κ2) is 7.42. The monoisotopic (exact) mass is 318 g/mol. The van der Waals surface area contributed by atoms with Crippen molar-refractivity contribution < 1.29 is 9.59 Å². The van der Waals surface area contributed by atoms with Crippen LogP contribution < -0.4 is 10.6 Å². The molecule has 1 saturated heterocycles. The van der Waals surface area contributed by atoms with Gasteiger partial charge in [-0.15, -0.1) is 0 Å². The van der Waals surface area contributed by atoms with Crippen LogP contribution in [0.2, 0.25) is 0 Å². The number of benzene rings is 2. The highest BCUT2D eigenvalue weighted by molar-refractivity contribution is 6.07. The summed E-state index contributed by atoms with van der Waals surface area (Å²) in [5, 5.41) is 6.37. The van der Waals surface area contributed by atoms with Gasteiger partial charge in [-0.2, -0.15) is 0 Å². The first kappa shape index (κ1) is 15.7. The van der Waals surface area contributed by atoms with E-state index in [0.717, 1.165) is 0 Å². The lowest BCUT2D eigenvalue weighted by Crippen LogP contribution is -2.37. The third kappa shape index (κ3) is 3.79. The van der Waals surface area contributed by atoms with Crippen LogP contribution in [0.15, 0.2) is 84.2 Å². The molecule has 0 amide bonds. The van der Waals surface area contributed by atoms with Crippen molar-refractivity contribution in [2.75, 3.05) is 13.1 Å². The van der Waals surface area contributed by atoms with Gasteiger partial charge in [0.05, 0.1) is 11.4 Å². The summed E-state index contributed by atoms with van der Waals surface area (Å²) in [6.45, 7) is 1.40. The molecule has 3 rings (SSSR count). The van der Waals surface area contributed by atoms with Crippen LogP contribution in [0.5, 0.6) is 0 Å². The highest BCUT2D eigenvalue weighted by Gasteiger charge is 2.14. The first-order valence-corrected chi connectivity index (χ1v) is 7.84. The van der Waals surface area contributed by atoms with Crippen molar-refractivity contribution in [1.82, 2.24) is 10.6 Å². The molecule has 0 radical (unpaired) electrons. The smallest absolute Gasteiger partial charge is 0.187 e. The van der Waals surface area contributed by atoms with Gasteiger partial charge in [-0.1, -0.05) is 60.7 Å². The number of hydrogen-bond donors (Lipinski definition) is 2. The lowest BCUT2D eigenvalue weighted by molar-refractivity contribution is 0.103. The summed E-state index contributed by atoms with van der Waals surface area (Å²) in [4.78, 5) is 24.7. The molecule has 1 aliphatic heterocycles. The Bertz CT molecular complexity index is 723. The van der Waals surface area contributed by atoms with Crippen molar-refractivity contribution in [2.45, 2.75) is 0 Å². The molecule has 120 valence electrons. The van der Waals surface area contributed by atoms with Gasteiger partial charge in [0.15, 0.2) is 11.6 Å². The fourth-order valence-corrected chi connectivity index (χ4v) is 2.48. The molecule has 0 bridgehead atoms. The molecule has 0 aliphatic carbocycles. The van der Waals surface area contributed by atoms with E-state index in [1.807, 2.05) is 36.4 Å². The average Bonchev–Trinajstić information content (AvgIpc) is 2.64. The van der Waals surface area contributed by atoms with Crippen LogP contribution in [-0.2, 0) is 0 Å². The molecule has 0 unspecified atom stereocenters. The van der Waals surface area contributed by atoms with Gasteiger partial charge >= 0.3 is 0 Å². The second-order valence-electron chi connectivity index (χ2n) is 5.43. The summed E-state index contributed by atoms with van der Waals surface area (Å²) in [7, 11) is 0. The maximum absolute atomic E-state index is 12.4. The second-order valence-corrected chi connectivity index (χ2v) is 5.43. The Morgan fingerprint density at radius 3 is 1.42 bits per heavy atom. The van der Waals surface area contributed by atoms with Crippen LogP contribution in [-0.4, -0.2) is 24.7 Å². The normalized spacial score (nSPS) is 17.2. The quantitative estimate of drug-likeness (QED) is 0.672. The summed E-state index contributed by atoms with van der Waals surface area (Å²) in [5.74, 6) is -0.195. The molecule has 1 aliphatic rings. The van der Waals surface area contributed by atoms with Gasteiger partial charge in [-0.05, 0) is 0 Å². The van der Waals surface area contributed by atoms with E-state index in [1.54, 1.807) is 24.3 Å². The fraction of sp³-hybridized carbons (Fsp3) is 0.100. The lowest BCUT2D eigenvalue weighted by Gasteiger charge is -2.22. The van der Waals surface area contributed by atoms with E-state index in [0.29, 0.717) is 35.6 Å². The van der Waals surface area contributed by atoms with E-state index < -0.39 is 0 Å². The fourth-order valence-electron chi connectivity index (χ4n) is 2.48.